The predicted molar refractivity (Wildman–Crippen MR) is 75.3 cm³/mol. The molecule has 1 atom stereocenters. The average molecular weight is 255 g/mol. The monoisotopic (exact) mass is 255 g/mol. The summed E-state index contributed by atoms with van der Waals surface area (Å²) < 4.78 is 0. The molecule has 1 fully saturated rings. The number of carbonyl (C=O) groups excluding carboxylic acids is 1. The zero-order chi connectivity index (χ0) is 13.8. The Kier molecular flexibility index (Phi) is 5.60. The van der Waals surface area contributed by atoms with Crippen molar-refractivity contribution in [3.05, 3.63) is 0 Å². The van der Waals surface area contributed by atoms with Crippen LogP contribution in [0.1, 0.15) is 46.5 Å². The maximum absolute atomic E-state index is 11.9. The molecule has 4 nitrogen and oxygen atoms in total. The number of rotatable bonds is 4. The third-order valence-corrected chi connectivity index (χ3v) is 3.41. The third kappa shape index (κ3) is 6.36. The second-order valence-electron chi connectivity index (χ2n) is 6.87. The summed E-state index contributed by atoms with van der Waals surface area (Å²) in [5.74, 6) is 0.112. The van der Waals surface area contributed by atoms with Gasteiger partial charge in [0.05, 0.1) is 0 Å². The summed E-state index contributed by atoms with van der Waals surface area (Å²) in [6.07, 6.45) is 3.44. The van der Waals surface area contributed by atoms with Crippen molar-refractivity contribution in [3.63, 3.8) is 0 Å². The zero-order valence-corrected chi connectivity index (χ0v) is 12.3. The highest BCUT2D eigenvalue weighted by molar-refractivity contribution is 5.76. The number of piperidine rings is 1. The van der Waals surface area contributed by atoms with Gasteiger partial charge in [-0.15, -0.1) is 0 Å². The van der Waals surface area contributed by atoms with Crippen LogP contribution in [0, 0.1) is 5.41 Å². The van der Waals surface area contributed by atoms with Crippen LogP contribution in [0.5, 0.6) is 0 Å². The average Bonchev–Trinajstić information content (AvgIpc) is 2.18. The van der Waals surface area contributed by atoms with Gasteiger partial charge in [-0.1, -0.05) is 20.8 Å². The molecule has 4 heteroatoms. The smallest absolute Gasteiger partial charge is 0.221 e. The number of hydrogen-bond donors (Lipinski definition) is 2. The van der Waals surface area contributed by atoms with Gasteiger partial charge in [0.1, 0.15) is 0 Å². The molecule has 3 N–H and O–H groups in total. The maximum Gasteiger partial charge on any atom is 0.221 e. The Morgan fingerprint density at radius 2 is 1.94 bits per heavy atom. The molecule has 0 aromatic rings. The van der Waals surface area contributed by atoms with E-state index in [-0.39, 0.29) is 17.4 Å². The van der Waals surface area contributed by atoms with Crippen molar-refractivity contribution in [2.24, 2.45) is 11.1 Å². The van der Waals surface area contributed by atoms with Crippen LogP contribution < -0.4 is 11.1 Å². The van der Waals surface area contributed by atoms with Crippen LogP contribution >= 0.6 is 0 Å². The molecule has 1 heterocycles. The molecular formula is C14H29N3O. The van der Waals surface area contributed by atoms with Crippen molar-refractivity contribution in [3.8, 4) is 0 Å². The molecule has 0 saturated carbocycles. The fraction of sp³-hybridized carbons (Fsp3) is 0.929. The number of nitrogens with two attached hydrogens (primary N) is 1. The van der Waals surface area contributed by atoms with E-state index in [0.717, 1.165) is 32.4 Å². The van der Waals surface area contributed by atoms with Crippen molar-refractivity contribution >= 4 is 5.91 Å². The van der Waals surface area contributed by atoms with Crippen molar-refractivity contribution in [1.82, 2.24) is 10.2 Å². The van der Waals surface area contributed by atoms with Crippen molar-refractivity contribution in [2.45, 2.75) is 58.5 Å². The fourth-order valence-corrected chi connectivity index (χ4v) is 2.54. The van der Waals surface area contributed by atoms with Crippen LogP contribution in [-0.4, -0.2) is 43.0 Å². The minimum atomic E-state index is -0.0312. The van der Waals surface area contributed by atoms with Gasteiger partial charge in [-0.3, -0.25) is 4.79 Å². The SMILES string of the molecule is CN1CCC(NC(=O)CC(N)CC(C)(C)C)CC1. The van der Waals surface area contributed by atoms with E-state index in [0.29, 0.717) is 12.5 Å². The molecule has 1 saturated heterocycles. The molecule has 0 aromatic carbocycles. The largest absolute Gasteiger partial charge is 0.353 e. The van der Waals surface area contributed by atoms with E-state index in [1.165, 1.54) is 0 Å². The van der Waals surface area contributed by atoms with Crippen LogP contribution in [0.3, 0.4) is 0 Å². The maximum atomic E-state index is 11.9. The zero-order valence-electron chi connectivity index (χ0n) is 12.3. The molecule has 0 radical (unpaired) electrons. The lowest BCUT2D eigenvalue weighted by Crippen LogP contribution is -2.45. The molecule has 1 rings (SSSR count). The molecular weight excluding hydrogens is 226 g/mol. The number of likely N-dealkylation sites (tertiary alicyclic amines) is 1. The number of amides is 1. The first-order valence-electron chi connectivity index (χ1n) is 7.00. The quantitative estimate of drug-likeness (QED) is 0.797. The number of nitrogens with one attached hydrogen (secondary N) is 1. The molecule has 0 aromatic heterocycles. The standard InChI is InChI=1S/C14H29N3O/c1-14(2,3)10-11(15)9-13(18)16-12-5-7-17(4)8-6-12/h11-12H,5-10,15H2,1-4H3,(H,16,18). The summed E-state index contributed by atoms with van der Waals surface area (Å²) in [4.78, 5) is 14.2. The third-order valence-electron chi connectivity index (χ3n) is 3.41. The summed E-state index contributed by atoms with van der Waals surface area (Å²) in [7, 11) is 2.12. The van der Waals surface area contributed by atoms with E-state index in [1.807, 2.05) is 0 Å². The molecule has 1 amide bonds. The van der Waals surface area contributed by atoms with E-state index in [1.54, 1.807) is 0 Å². The molecule has 1 aliphatic rings. The highest BCUT2D eigenvalue weighted by Crippen LogP contribution is 2.21. The first-order valence-corrected chi connectivity index (χ1v) is 7.00. The Hall–Kier alpha value is -0.610. The Balaban J connectivity index is 2.25. The van der Waals surface area contributed by atoms with Crippen LogP contribution in [0.25, 0.3) is 0 Å². The summed E-state index contributed by atoms with van der Waals surface area (Å²) in [5, 5.41) is 3.11. The second kappa shape index (κ2) is 6.53. The molecule has 0 spiro atoms. The Morgan fingerprint density at radius 1 is 1.39 bits per heavy atom. The van der Waals surface area contributed by atoms with Crippen molar-refractivity contribution < 1.29 is 4.79 Å². The van der Waals surface area contributed by atoms with Gasteiger partial charge in [0, 0.05) is 18.5 Å². The lowest BCUT2D eigenvalue weighted by atomic mass is 9.87. The molecule has 18 heavy (non-hydrogen) atoms. The van der Waals surface area contributed by atoms with Crippen molar-refractivity contribution in [2.75, 3.05) is 20.1 Å². The minimum absolute atomic E-state index is 0.0312. The Labute approximate surface area is 111 Å². The van der Waals surface area contributed by atoms with Gasteiger partial charge < -0.3 is 16.0 Å². The van der Waals surface area contributed by atoms with Crippen LogP contribution in [0.2, 0.25) is 0 Å². The second-order valence-corrected chi connectivity index (χ2v) is 6.87. The molecule has 1 unspecified atom stereocenters. The van der Waals surface area contributed by atoms with Gasteiger partial charge >= 0.3 is 0 Å². The highest BCUT2D eigenvalue weighted by Gasteiger charge is 2.21. The van der Waals surface area contributed by atoms with Gasteiger partial charge in [0.15, 0.2) is 0 Å². The van der Waals surface area contributed by atoms with E-state index in [2.05, 4.69) is 38.0 Å². The highest BCUT2D eigenvalue weighted by atomic mass is 16.1. The van der Waals surface area contributed by atoms with E-state index >= 15 is 0 Å². The number of carbonyl (C=O) groups is 1. The van der Waals surface area contributed by atoms with Gasteiger partial charge in [0.2, 0.25) is 5.91 Å². The summed E-state index contributed by atoms with van der Waals surface area (Å²) in [5.41, 5.74) is 6.21. The summed E-state index contributed by atoms with van der Waals surface area (Å²) in [6, 6.07) is 0.312. The molecule has 106 valence electrons. The summed E-state index contributed by atoms with van der Waals surface area (Å²) in [6.45, 7) is 8.60. The Morgan fingerprint density at radius 3 is 2.44 bits per heavy atom. The minimum Gasteiger partial charge on any atom is -0.353 e. The van der Waals surface area contributed by atoms with Gasteiger partial charge in [-0.05, 0) is 44.8 Å². The van der Waals surface area contributed by atoms with Crippen molar-refractivity contribution in [1.29, 1.82) is 0 Å². The van der Waals surface area contributed by atoms with Crippen LogP contribution in [-0.2, 0) is 4.79 Å². The van der Waals surface area contributed by atoms with Gasteiger partial charge in [-0.2, -0.15) is 0 Å². The lowest BCUT2D eigenvalue weighted by molar-refractivity contribution is -0.122. The molecule has 0 bridgehead atoms. The Bertz CT molecular complexity index is 265. The molecule has 1 aliphatic heterocycles. The number of hydrogen-bond acceptors (Lipinski definition) is 3. The first-order chi connectivity index (χ1) is 8.26. The predicted octanol–water partition coefficient (Wildman–Crippen LogP) is 1.35. The summed E-state index contributed by atoms with van der Waals surface area (Å²) >= 11 is 0. The van der Waals surface area contributed by atoms with E-state index in [4.69, 9.17) is 5.73 Å². The number of nitrogens with zero attached hydrogens (tertiary/aromatic N) is 1. The van der Waals surface area contributed by atoms with E-state index in [9.17, 15) is 4.79 Å². The van der Waals surface area contributed by atoms with E-state index < -0.39 is 0 Å². The van der Waals surface area contributed by atoms with Crippen LogP contribution in [0.4, 0.5) is 0 Å². The first kappa shape index (κ1) is 15.4. The fourth-order valence-electron chi connectivity index (χ4n) is 2.54. The van der Waals surface area contributed by atoms with Gasteiger partial charge in [0.25, 0.3) is 0 Å². The molecule has 0 aliphatic carbocycles. The van der Waals surface area contributed by atoms with Gasteiger partial charge in [-0.25, -0.2) is 0 Å². The van der Waals surface area contributed by atoms with Crippen LogP contribution in [0.15, 0.2) is 0 Å². The lowest BCUT2D eigenvalue weighted by Gasteiger charge is -2.30. The normalized spacial score (nSPS) is 20.7. The topological polar surface area (TPSA) is 58.4 Å².